The van der Waals surface area contributed by atoms with Crippen molar-refractivity contribution in [2.24, 2.45) is 0 Å². The number of hydrogen-bond donors (Lipinski definition) is 0. The van der Waals surface area contributed by atoms with Crippen molar-refractivity contribution < 1.29 is 4.39 Å². The molecule has 4 nitrogen and oxygen atoms in total. The Morgan fingerprint density at radius 2 is 2.11 bits per heavy atom. The molecule has 0 unspecified atom stereocenters. The van der Waals surface area contributed by atoms with E-state index in [-0.39, 0.29) is 10.7 Å². The van der Waals surface area contributed by atoms with Crippen molar-refractivity contribution in [2.75, 3.05) is 11.9 Å². The fourth-order valence-electron chi connectivity index (χ4n) is 1.68. The number of hydrogen-bond acceptors (Lipinski definition) is 4. The summed E-state index contributed by atoms with van der Waals surface area (Å²) in [5.74, 6) is -0.00687. The molecular formula is C13H10ClFN4. The summed E-state index contributed by atoms with van der Waals surface area (Å²) in [7, 11) is 1.76. The summed E-state index contributed by atoms with van der Waals surface area (Å²) in [4.78, 5) is 9.77. The van der Waals surface area contributed by atoms with Crippen LogP contribution in [0.2, 0.25) is 5.02 Å². The third-order valence-corrected chi connectivity index (χ3v) is 2.86. The first kappa shape index (κ1) is 13.2. The lowest BCUT2D eigenvalue weighted by Crippen LogP contribution is -2.19. The quantitative estimate of drug-likeness (QED) is 0.865. The molecule has 0 amide bonds. The summed E-state index contributed by atoms with van der Waals surface area (Å²) >= 11 is 5.63. The largest absolute Gasteiger partial charge is 0.353 e. The highest BCUT2D eigenvalue weighted by atomic mass is 35.5. The molecule has 1 heterocycles. The molecule has 0 aliphatic heterocycles. The van der Waals surface area contributed by atoms with Crippen LogP contribution in [0.4, 0.5) is 10.2 Å². The highest BCUT2D eigenvalue weighted by molar-refractivity contribution is 6.30. The molecule has 2 rings (SSSR count). The van der Waals surface area contributed by atoms with Crippen molar-refractivity contribution in [1.82, 2.24) is 9.97 Å². The maximum absolute atomic E-state index is 13.3. The van der Waals surface area contributed by atoms with E-state index in [2.05, 4.69) is 9.97 Å². The number of aromatic nitrogens is 2. The van der Waals surface area contributed by atoms with Gasteiger partial charge in [-0.25, -0.2) is 14.4 Å². The van der Waals surface area contributed by atoms with E-state index >= 15 is 0 Å². The first-order chi connectivity index (χ1) is 9.11. The third kappa shape index (κ3) is 2.98. The maximum Gasteiger partial charge on any atom is 0.183 e. The standard InChI is InChI=1S/C13H10ClFN4/c1-19(13-12(7-16)17-4-5-18-13)8-9-2-3-10(14)11(15)6-9/h2-6H,8H2,1H3. The summed E-state index contributed by atoms with van der Waals surface area (Å²) in [6, 6.07) is 6.56. The van der Waals surface area contributed by atoms with Gasteiger partial charge < -0.3 is 4.90 Å². The van der Waals surface area contributed by atoms with Gasteiger partial charge in [-0.15, -0.1) is 0 Å². The van der Waals surface area contributed by atoms with E-state index in [1.54, 1.807) is 18.0 Å². The van der Waals surface area contributed by atoms with Gasteiger partial charge in [0.15, 0.2) is 11.5 Å². The van der Waals surface area contributed by atoms with Crippen LogP contribution in [-0.4, -0.2) is 17.0 Å². The van der Waals surface area contributed by atoms with E-state index in [9.17, 15) is 4.39 Å². The molecule has 19 heavy (non-hydrogen) atoms. The van der Waals surface area contributed by atoms with E-state index in [1.165, 1.54) is 24.5 Å². The summed E-state index contributed by atoms with van der Waals surface area (Å²) in [5.41, 5.74) is 0.971. The van der Waals surface area contributed by atoms with Crippen molar-refractivity contribution >= 4 is 17.4 Å². The van der Waals surface area contributed by atoms with Crippen molar-refractivity contribution in [3.05, 3.63) is 52.7 Å². The lowest BCUT2D eigenvalue weighted by Gasteiger charge is -2.18. The second-order valence-electron chi connectivity index (χ2n) is 3.94. The summed E-state index contributed by atoms with van der Waals surface area (Å²) < 4.78 is 13.3. The topological polar surface area (TPSA) is 52.8 Å². The molecule has 6 heteroatoms. The van der Waals surface area contributed by atoms with Gasteiger partial charge in [0, 0.05) is 26.0 Å². The van der Waals surface area contributed by atoms with Crippen LogP contribution in [-0.2, 0) is 6.54 Å². The van der Waals surface area contributed by atoms with Crippen LogP contribution < -0.4 is 4.90 Å². The smallest absolute Gasteiger partial charge is 0.183 e. The number of rotatable bonds is 3. The molecule has 0 fully saturated rings. The van der Waals surface area contributed by atoms with Crippen LogP contribution in [0.3, 0.4) is 0 Å². The van der Waals surface area contributed by atoms with Crippen LogP contribution >= 0.6 is 11.6 Å². The van der Waals surface area contributed by atoms with Gasteiger partial charge in [-0.2, -0.15) is 5.26 Å². The Labute approximate surface area is 115 Å². The first-order valence-electron chi connectivity index (χ1n) is 5.48. The molecule has 96 valence electrons. The van der Waals surface area contributed by atoms with E-state index in [1.807, 2.05) is 6.07 Å². The summed E-state index contributed by atoms with van der Waals surface area (Å²) in [6.07, 6.45) is 2.97. The minimum absolute atomic E-state index is 0.0867. The third-order valence-electron chi connectivity index (χ3n) is 2.55. The highest BCUT2D eigenvalue weighted by Crippen LogP contribution is 2.19. The average Bonchev–Trinajstić information content (AvgIpc) is 2.43. The van der Waals surface area contributed by atoms with Gasteiger partial charge in [0.25, 0.3) is 0 Å². The minimum atomic E-state index is -0.466. The first-order valence-corrected chi connectivity index (χ1v) is 5.86. The molecule has 0 N–H and O–H groups in total. The van der Waals surface area contributed by atoms with Crippen molar-refractivity contribution in [1.29, 1.82) is 5.26 Å². The Morgan fingerprint density at radius 3 is 2.79 bits per heavy atom. The Kier molecular flexibility index (Phi) is 3.93. The summed E-state index contributed by atoms with van der Waals surface area (Å²) in [5, 5.41) is 9.04. The van der Waals surface area contributed by atoms with Gasteiger partial charge in [0.05, 0.1) is 5.02 Å². The predicted octanol–water partition coefficient (Wildman–Crippen LogP) is 2.78. The zero-order valence-corrected chi connectivity index (χ0v) is 10.9. The van der Waals surface area contributed by atoms with E-state index in [4.69, 9.17) is 16.9 Å². The van der Waals surface area contributed by atoms with Gasteiger partial charge in [0.2, 0.25) is 0 Å². The second kappa shape index (κ2) is 5.63. The Hall–Kier alpha value is -2.19. The average molecular weight is 277 g/mol. The molecule has 0 saturated heterocycles. The molecule has 2 aromatic rings. The van der Waals surface area contributed by atoms with Crippen LogP contribution in [0.15, 0.2) is 30.6 Å². The SMILES string of the molecule is CN(Cc1ccc(Cl)c(F)c1)c1nccnc1C#N. The van der Waals surface area contributed by atoms with E-state index in [0.717, 1.165) is 5.56 Å². The van der Waals surface area contributed by atoms with Gasteiger partial charge in [0.1, 0.15) is 11.9 Å². The van der Waals surface area contributed by atoms with Gasteiger partial charge in [-0.1, -0.05) is 17.7 Å². The zero-order valence-electron chi connectivity index (χ0n) is 10.1. The van der Waals surface area contributed by atoms with Gasteiger partial charge in [-0.3, -0.25) is 0 Å². The molecule has 0 spiro atoms. The molecule has 0 radical (unpaired) electrons. The molecule has 0 atom stereocenters. The lowest BCUT2D eigenvalue weighted by molar-refractivity contribution is 0.625. The number of benzene rings is 1. The van der Waals surface area contributed by atoms with Crippen LogP contribution in [0.25, 0.3) is 0 Å². The molecule has 0 aliphatic rings. The summed E-state index contributed by atoms with van der Waals surface area (Å²) in [6.45, 7) is 0.404. The molecule has 0 bridgehead atoms. The Balaban J connectivity index is 2.23. The van der Waals surface area contributed by atoms with Crippen molar-refractivity contribution in [3.8, 4) is 6.07 Å². The molecule has 1 aromatic carbocycles. The van der Waals surface area contributed by atoms with Gasteiger partial charge in [-0.05, 0) is 17.7 Å². The van der Waals surface area contributed by atoms with Crippen LogP contribution in [0, 0.1) is 17.1 Å². The molecule has 1 aromatic heterocycles. The number of anilines is 1. The zero-order chi connectivity index (χ0) is 13.8. The predicted molar refractivity (Wildman–Crippen MR) is 70.3 cm³/mol. The Morgan fingerprint density at radius 1 is 1.37 bits per heavy atom. The van der Waals surface area contributed by atoms with Crippen molar-refractivity contribution in [3.63, 3.8) is 0 Å². The van der Waals surface area contributed by atoms with E-state index < -0.39 is 5.82 Å². The molecule has 0 aliphatic carbocycles. The van der Waals surface area contributed by atoms with Gasteiger partial charge >= 0.3 is 0 Å². The fraction of sp³-hybridized carbons (Fsp3) is 0.154. The van der Waals surface area contributed by atoms with Crippen LogP contribution in [0.1, 0.15) is 11.3 Å². The molecule has 0 saturated carbocycles. The normalized spacial score (nSPS) is 10.0. The highest BCUT2D eigenvalue weighted by Gasteiger charge is 2.11. The lowest BCUT2D eigenvalue weighted by atomic mass is 10.2. The second-order valence-corrected chi connectivity index (χ2v) is 4.35. The maximum atomic E-state index is 13.3. The number of nitrogens with zero attached hydrogens (tertiary/aromatic N) is 4. The number of nitriles is 1. The van der Waals surface area contributed by atoms with Crippen LogP contribution in [0.5, 0.6) is 0 Å². The van der Waals surface area contributed by atoms with Crippen molar-refractivity contribution in [2.45, 2.75) is 6.54 Å². The molecular weight excluding hydrogens is 267 g/mol. The number of halogens is 2. The minimum Gasteiger partial charge on any atom is -0.353 e. The Bertz CT molecular complexity index is 639. The monoisotopic (exact) mass is 276 g/mol. The fourth-order valence-corrected chi connectivity index (χ4v) is 1.79. The van der Waals surface area contributed by atoms with E-state index in [0.29, 0.717) is 12.4 Å².